The van der Waals surface area contributed by atoms with Crippen LogP contribution in [0.25, 0.3) is 21.3 Å². The summed E-state index contributed by atoms with van der Waals surface area (Å²) in [5, 5.41) is 9.37. The fraction of sp³-hybridized carbons (Fsp3) is 0.278. The van der Waals surface area contributed by atoms with Crippen molar-refractivity contribution in [2.45, 2.75) is 25.8 Å². The van der Waals surface area contributed by atoms with Crippen LogP contribution in [0.5, 0.6) is 0 Å². The Balaban J connectivity index is 1.81. The minimum Gasteiger partial charge on any atom is -0.358 e. The Kier molecular flexibility index (Phi) is 3.90. The maximum absolute atomic E-state index is 12.1. The number of hydrogen-bond donors (Lipinski definition) is 2. The van der Waals surface area contributed by atoms with E-state index < -0.39 is 0 Å². The fourth-order valence-electron chi connectivity index (χ4n) is 3.06. The summed E-state index contributed by atoms with van der Waals surface area (Å²) in [6.07, 6.45) is 1.80. The fourth-order valence-corrected chi connectivity index (χ4v) is 4.05. The van der Waals surface area contributed by atoms with Crippen LogP contribution in [0.15, 0.2) is 35.7 Å². The van der Waals surface area contributed by atoms with Crippen LogP contribution in [-0.2, 0) is 4.79 Å². The van der Waals surface area contributed by atoms with Crippen LogP contribution in [-0.4, -0.2) is 28.5 Å². The monoisotopic (exact) mass is 338 g/mol. The van der Waals surface area contributed by atoms with Crippen molar-refractivity contribution < 1.29 is 4.79 Å². The van der Waals surface area contributed by atoms with Gasteiger partial charge in [-0.25, -0.2) is 9.97 Å². The molecule has 122 valence electrons. The average molecular weight is 338 g/mol. The van der Waals surface area contributed by atoms with Gasteiger partial charge in [-0.15, -0.1) is 11.3 Å². The first kappa shape index (κ1) is 15.1. The second kappa shape index (κ2) is 6.20. The van der Waals surface area contributed by atoms with Crippen molar-refractivity contribution in [2.75, 3.05) is 11.9 Å². The third kappa shape index (κ3) is 2.73. The molecule has 24 heavy (non-hydrogen) atoms. The van der Waals surface area contributed by atoms with Gasteiger partial charge in [-0.05, 0) is 25.3 Å². The Bertz CT molecular complexity index is 891. The van der Waals surface area contributed by atoms with Crippen molar-refractivity contribution in [3.05, 3.63) is 41.5 Å². The number of rotatable bonds is 3. The van der Waals surface area contributed by atoms with Crippen LogP contribution in [0.2, 0.25) is 0 Å². The first-order valence-electron chi connectivity index (χ1n) is 8.08. The molecule has 0 unspecified atom stereocenters. The molecule has 2 N–H and O–H groups in total. The molecule has 2 aromatic heterocycles. The van der Waals surface area contributed by atoms with Crippen LogP contribution in [0, 0.1) is 6.92 Å². The number of carbonyl (C=O) groups excluding carboxylic acids is 1. The maximum Gasteiger partial charge on any atom is 0.242 e. The average Bonchev–Trinajstić information content (AvgIpc) is 3.01. The molecule has 5 nitrogen and oxygen atoms in total. The predicted molar refractivity (Wildman–Crippen MR) is 97.2 cm³/mol. The van der Waals surface area contributed by atoms with Crippen molar-refractivity contribution in [1.29, 1.82) is 0 Å². The second-order valence-electron chi connectivity index (χ2n) is 5.95. The van der Waals surface area contributed by atoms with Gasteiger partial charge in [0, 0.05) is 17.5 Å². The molecule has 1 saturated heterocycles. The lowest BCUT2D eigenvalue weighted by atomic mass is 10.0. The van der Waals surface area contributed by atoms with E-state index in [1.807, 2.05) is 25.1 Å². The zero-order chi connectivity index (χ0) is 16.5. The Morgan fingerprint density at radius 2 is 2.08 bits per heavy atom. The van der Waals surface area contributed by atoms with E-state index in [0.717, 1.165) is 46.5 Å². The van der Waals surface area contributed by atoms with Crippen molar-refractivity contribution in [1.82, 2.24) is 15.3 Å². The number of anilines is 1. The van der Waals surface area contributed by atoms with Crippen molar-refractivity contribution in [2.24, 2.45) is 0 Å². The number of aromatic nitrogens is 2. The molecule has 1 fully saturated rings. The first-order valence-corrected chi connectivity index (χ1v) is 8.96. The van der Waals surface area contributed by atoms with Gasteiger partial charge in [-0.1, -0.05) is 30.3 Å². The van der Waals surface area contributed by atoms with Crippen LogP contribution < -0.4 is 10.6 Å². The summed E-state index contributed by atoms with van der Waals surface area (Å²) in [7, 11) is 0. The van der Waals surface area contributed by atoms with E-state index in [9.17, 15) is 4.79 Å². The predicted octanol–water partition coefficient (Wildman–Crippen LogP) is 3.36. The quantitative estimate of drug-likeness (QED) is 0.768. The summed E-state index contributed by atoms with van der Waals surface area (Å²) in [5.41, 5.74) is 2.24. The van der Waals surface area contributed by atoms with Crippen LogP contribution >= 0.6 is 11.3 Å². The van der Waals surface area contributed by atoms with Gasteiger partial charge >= 0.3 is 0 Å². The number of thiophene rings is 1. The van der Waals surface area contributed by atoms with E-state index >= 15 is 0 Å². The number of nitrogens with one attached hydrogen (secondary N) is 2. The molecule has 0 saturated carbocycles. The lowest BCUT2D eigenvalue weighted by molar-refractivity contribution is -0.123. The molecule has 1 amide bonds. The molecule has 1 aliphatic heterocycles. The number of carbonyl (C=O) groups is 1. The summed E-state index contributed by atoms with van der Waals surface area (Å²) in [4.78, 5) is 22.2. The highest BCUT2D eigenvalue weighted by atomic mass is 32.1. The zero-order valence-electron chi connectivity index (χ0n) is 13.4. The van der Waals surface area contributed by atoms with Crippen molar-refractivity contribution in [3.63, 3.8) is 0 Å². The normalized spacial score (nSPS) is 17.7. The summed E-state index contributed by atoms with van der Waals surface area (Å²) in [5.74, 6) is 1.50. The Morgan fingerprint density at radius 3 is 2.88 bits per heavy atom. The van der Waals surface area contributed by atoms with Crippen molar-refractivity contribution >= 4 is 33.3 Å². The van der Waals surface area contributed by atoms with E-state index in [1.54, 1.807) is 11.3 Å². The maximum atomic E-state index is 12.1. The summed E-state index contributed by atoms with van der Waals surface area (Å²) >= 11 is 1.61. The number of piperidine rings is 1. The molecular formula is C18H18N4OS. The molecule has 0 bridgehead atoms. The lowest BCUT2D eigenvalue weighted by Gasteiger charge is -2.23. The Morgan fingerprint density at radius 1 is 1.25 bits per heavy atom. The molecule has 3 heterocycles. The van der Waals surface area contributed by atoms with E-state index in [0.29, 0.717) is 5.82 Å². The molecule has 1 atom stereocenters. The number of nitrogens with zero attached hydrogens (tertiary/aromatic N) is 2. The molecular weight excluding hydrogens is 320 g/mol. The third-order valence-electron chi connectivity index (χ3n) is 4.23. The van der Waals surface area contributed by atoms with Gasteiger partial charge in [-0.2, -0.15) is 0 Å². The Hall–Kier alpha value is -2.47. The number of hydrogen-bond acceptors (Lipinski definition) is 5. The van der Waals surface area contributed by atoms with Gasteiger partial charge < -0.3 is 10.6 Å². The highest BCUT2D eigenvalue weighted by Gasteiger charge is 2.24. The van der Waals surface area contributed by atoms with E-state index in [1.165, 1.54) is 0 Å². The standard InChI is InChI=1S/C18H18N4OS/c1-11-20-16(22-14-8-5-9-19-17(14)23)15-13(10-24-18(15)21-11)12-6-3-2-4-7-12/h2-4,6-7,10,14H,5,8-9H2,1H3,(H,19,23)(H,20,21,22)/t14-/m1/s1. The number of aryl methyl sites for hydroxylation is 1. The smallest absolute Gasteiger partial charge is 0.242 e. The summed E-state index contributed by atoms with van der Waals surface area (Å²) in [6, 6.07) is 9.98. The summed E-state index contributed by atoms with van der Waals surface area (Å²) < 4.78 is 0. The van der Waals surface area contributed by atoms with Gasteiger partial charge in [0.1, 0.15) is 22.5 Å². The molecule has 1 aliphatic rings. The minimum absolute atomic E-state index is 0.0437. The molecule has 1 aromatic carbocycles. The molecule has 0 radical (unpaired) electrons. The van der Waals surface area contributed by atoms with Gasteiger partial charge in [0.25, 0.3) is 0 Å². The van der Waals surface area contributed by atoms with Crippen molar-refractivity contribution in [3.8, 4) is 11.1 Å². The molecule has 4 rings (SSSR count). The highest BCUT2D eigenvalue weighted by Crippen LogP contribution is 2.37. The summed E-state index contributed by atoms with van der Waals surface area (Å²) in [6.45, 7) is 2.64. The number of benzene rings is 1. The van der Waals surface area contributed by atoms with Crippen LogP contribution in [0.3, 0.4) is 0 Å². The molecule has 3 aromatic rings. The molecule has 0 aliphatic carbocycles. The topological polar surface area (TPSA) is 66.9 Å². The molecule has 6 heteroatoms. The SMILES string of the molecule is Cc1nc(N[C@@H]2CCCNC2=O)c2c(-c3ccccc3)csc2n1. The number of fused-ring (bicyclic) bond motifs is 1. The third-order valence-corrected chi connectivity index (χ3v) is 5.10. The van der Waals surface area contributed by atoms with Gasteiger partial charge in [-0.3, -0.25) is 4.79 Å². The largest absolute Gasteiger partial charge is 0.358 e. The first-order chi connectivity index (χ1) is 11.7. The van der Waals surface area contributed by atoms with Gasteiger partial charge in [0.15, 0.2) is 0 Å². The minimum atomic E-state index is -0.236. The van der Waals surface area contributed by atoms with E-state index in [-0.39, 0.29) is 11.9 Å². The second-order valence-corrected chi connectivity index (χ2v) is 6.80. The highest BCUT2D eigenvalue weighted by molar-refractivity contribution is 7.17. The lowest BCUT2D eigenvalue weighted by Crippen LogP contribution is -2.44. The number of amides is 1. The van der Waals surface area contributed by atoms with Crippen LogP contribution in [0.4, 0.5) is 5.82 Å². The van der Waals surface area contributed by atoms with Gasteiger partial charge in [0.05, 0.1) is 5.39 Å². The Labute approximate surface area is 144 Å². The van der Waals surface area contributed by atoms with E-state index in [4.69, 9.17) is 0 Å². The van der Waals surface area contributed by atoms with Crippen LogP contribution in [0.1, 0.15) is 18.7 Å². The molecule has 0 spiro atoms. The van der Waals surface area contributed by atoms with E-state index in [2.05, 4.69) is 38.1 Å². The van der Waals surface area contributed by atoms with Gasteiger partial charge in [0.2, 0.25) is 5.91 Å². The zero-order valence-corrected chi connectivity index (χ0v) is 14.2.